The first kappa shape index (κ1) is 13.1. The standard InChI is InChI=1S/C15H22N2O/c1-11-7-12(2)9-13(8-11)15(18)17(3)10-14-5-4-6-16-14/h7-9,14,16H,4-6,10H2,1-3H3. The molecule has 1 N–H and O–H groups in total. The van der Waals surface area contributed by atoms with Crippen LogP contribution in [0.5, 0.6) is 0 Å². The highest BCUT2D eigenvalue weighted by Crippen LogP contribution is 2.12. The summed E-state index contributed by atoms with van der Waals surface area (Å²) in [4.78, 5) is 14.2. The van der Waals surface area contributed by atoms with Crippen LogP contribution in [0.1, 0.15) is 34.3 Å². The van der Waals surface area contributed by atoms with Crippen LogP contribution in [0.2, 0.25) is 0 Å². The van der Waals surface area contributed by atoms with Crippen LogP contribution >= 0.6 is 0 Å². The van der Waals surface area contributed by atoms with E-state index in [1.807, 2.05) is 37.9 Å². The Bertz CT molecular complexity index is 416. The summed E-state index contributed by atoms with van der Waals surface area (Å²) < 4.78 is 0. The van der Waals surface area contributed by atoms with E-state index in [4.69, 9.17) is 0 Å². The fraction of sp³-hybridized carbons (Fsp3) is 0.533. The molecule has 0 spiro atoms. The number of benzene rings is 1. The minimum Gasteiger partial charge on any atom is -0.340 e. The number of hydrogen-bond donors (Lipinski definition) is 1. The van der Waals surface area contributed by atoms with Crippen LogP contribution in [-0.2, 0) is 0 Å². The van der Waals surface area contributed by atoms with Gasteiger partial charge in [-0.25, -0.2) is 0 Å². The van der Waals surface area contributed by atoms with Gasteiger partial charge in [-0.05, 0) is 45.4 Å². The monoisotopic (exact) mass is 246 g/mol. The predicted octanol–water partition coefficient (Wildman–Crippen LogP) is 2.13. The Balaban J connectivity index is 2.04. The smallest absolute Gasteiger partial charge is 0.253 e. The van der Waals surface area contributed by atoms with Crippen molar-refractivity contribution in [3.63, 3.8) is 0 Å². The van der Waals surface area contributed by atoms with Crippen LogP contribution in [-0.4, -0.2) is 37.0 Å². The Labute approximate surface area is 109 Å². The lowest BCUT2D eigenvalue weighted by Gasteiger charge is -2.21. The van der Waals surface area contributed by atoms with Crippen LogP contribution in [0, 0.1) is 13.8 Å². The summed E-state index contributed by atoms with van der Waals surface area (Å²) in [5.74, 6) is 0.121. The maximum absolute atomic E-state index is 12.3. The van der Waals surface area contributed by atoms with Crippen molar-refractivity contribution >= 4 is 5.91 Å². The molecule has 0 radical (unpaired) electrons. The average molecular weight is 246 g/mol. The van der Waals surface area contributed by atoms with Crippen molar-refractivity contribution in [3.05, 3.63) is 34.9 Å². The highest BCUT2D eigenvalue weighted by atomic mass is 16.2. The average Bonchev–Trinajstić information content (AvgIpc) is 2.79. The molecule has 1 aromatic rings. The van der Waals surface area contributed by atoms with E-state index in [1.165, 1.54) is 12.8 Å². The molecule has 3 nitrogen and oxygen atoms in total. The number of hydrogen-bond acceptors (Lipinski definition) is 2. The molecule has 0 aromatic heterocycles. The maximum Gasteiger partial charge on any atom is 0.253 e. The molecule has 18 heavy (non-hydrogen) atoms. The second kappa shape index (κ2) is 5.53. The van der Waals surface area contributed by atoms with Gasteiger partial charge in [0, 0.05) is 25.2 Å². The van der Waals surface area contributed by atoms with Crippen molar-refractivity contribution in [1.29, 1.82) is 0 Å². The fourth-order valence-corrected chi connectivity index (χ4v) is 2.64. The number of aryl methyl sites for hydroxylation is 2. The molecule has 0 saturated carbocycles. The van der Waals surface area contributed by atoms with Crippen molar-refractivity contribution in [2.24, 2.45) is 0 Å². The summed E-state index contributed by atoms with van der Waals surface area (Å²) in [5.41, 5.74) is 3.09. The van der Waals surface area contributed by atoms with E-state index in [-0.39, 0.29) is 5.91 Å². The number of carbonyl (C=O) groups excluding carboxylic acids is 1. The minimum absolute atomic E-state index is 0.121. The number of likely N-dealkylation sites (N-methyl/N-ethyl adjacent to an activating group) is 1. The van der Waals surface area contributed by atoms with Gasteiger partial charge >= 0.3 is 0 Å². The molecule has 1 fully saturated rings. The third-order valence-electron chi connectivity index (χ3n) is 3.47. The lowest BCUT2D eigenvalue weighted by atomic mass is 10.1. The molecule has 1 atom stereocenters. The highest BCUT2D eigenvalue weighted by molar-refractivity contribution is 5.94. The third-order valence-corrected chi connectivity index (χ3v) is 3.47. The molecule has 0 bridgehead atoms. The largest absolute Gasteiger partial charge is 0.340 e. The first-order chi connectivity index (χ1) is 8.56. The number of rotatable bonds is 3. The second-order valence-electron chi connectivity index (χ2n) is 5.36. The molecule has 1 aliphatic heterocycles. The Kier molecular flexibility index (Phi) is 4.02. The SMILES string of the molecule is Cc1cc(C)cc(C(=O)N(C)CC2CCCN2)c1. The summed E-state index contributed by atoms with van der Waals surface area (Å²) in [6, 6.07) is 6.49. The van der Waals surface area contributed by atoms with E-state index < -0.39 is 0 Å². The van der Waals surface area contributed by atoms with Gasteiger partial charge in [-0.2, -0.15) is 0 Å². The third kappa shape index (κ3) is 3.10. The van der Waals surface area contributed by atoms with Gasteiger partial charge in [0.2, 0.25) is 0 Å². The minimum atomic E-state index is 0.121. The Morgan fingerprint density at radius 3 is 2.56 bits per heavy atom. The van der Waals surface area contributed by atoms with Gasteiger partial charge in [0.05, 0.1) is 0 Å². The molecule has 1 saturated heterocycles. The molecule has 1 amide bonds. The van der Waals surface area contributed by atoms with Gasteiger partial charge in [-0.1, -0.05) is 17.2 Å². The van der Waals surface area contributed by atoms with E-state index in [9.17, 15) is 4.79 Å². The molecular formula is C15H22N2O. The summed E-state index contributed by atoms with van der Waals surface area (Å²) >= 11 is 0. The van der Waals surface area contributed by atoms with Crippen LogP contribution in [0.25, 0.3) is 0 Å². The second-order valence-corrected chi connectivity index (χ2v) is 5.36. The van der Waals surface area contributed by atoms with E-state index in [2.05, 4.69) is 11.4 Å². The zero-order valence-electron chi connectivity index (χ0n) is 11.5. The van der Waals surface area contributed by atoms with Gasteiger partial charge in [0.1, 0.15) is 0 Å². The lowest BCUT2D eigenvalue weighted by molar-refractivity contribution is 0.0783. The first-order valence-corrected chi connectivity index (χ1v) is 6.63. The summed E-state index contributed by atoms with van der Waals surface area (Å²) in [5, 5.41) is 3.42. The Morgan fingerprint density at radius 1 is 1.33 bits per heavy atom. The topological polar surface area (TPSA) is 32.3 Å². The molecule has 1 aromatic carbocycles. The Hall–Kier alpha value is -1.35. The number of nitrogens with one attached hydrogen (secondary N) is 1. The quantitative estimate of drug-likeness (QED) is 0.886. The van der Waals surface area contributed by atoms with Crippen molar-refractivity contribution in [1.82, 2.24) is 10.2 Å². The normalized spacial score (nSPS) is 18.9. The van der Waals surface area contributed by atoms with Crippen molar-refractivity contribution in [2.75, 3.05) is 20.1 Å². The summed E-state index contributed by atoms with van der Waals surface area (Å²) in [6.45, 7) is 5.94. The first-order valence-electron chi connectivity index (χ1n) is 6.63. The summed E-state index contributed by atoms with van der Waals surface area (Å²) in [6.07, 6.45) is 2.39. The number of carbonyl (C=O) groups is 1. The lowest BCUT2D eigenvalue weighted by Crippen LogP contribution is -2.38. The van der Waals surface area contributed by atoms with Crippen LogP contribution in [0.15, 0.2) is 18.2 Å². The van der Waals surface area contributed by atoms with Gasteiger partial charge in [-0.15, -0.1) is 0 Å². The van der Waals surface area contributed by atoms with Gasteiger partial charge in [0.25, 0.3) is 5.91 Å². The van der Waals surface area contributed by atoms with Crippen LogP contribution in [0.4, 0.5) is 0 Å². The van der Waals surface area contributed by atoms with E-state index in [0.29, 0.717) is 6.04 Å². The van der Waals surface area contributed by atoms with E-state index in [0.717, 1.165) is 29.8 Å². The van der Waals surface area contributed by atoms with Gasteiger partial charge < -0.3 is 10.2 Å². The highest BCUT2D eigenvalue weighted by Gasteiger charge is 2.19. The predicted molar refractivity (Wildman–Crippen MR) is 73.9 cm³/mol. The summed E-state index contributed by atoms with van der Waals surface area (Å²) in [7, 11) is 1.89. The van der Waals surface area contributed by atoms with Crippen molar-refractivity contribution in [2.45, 2.75) is 32.7 Å². The molecule has 2 rings (SSSR count). The number of amides is 1. The molecule has 1 unspecified atom stereocenters. The zero-order valence-corrected chi connectivity index (χ0v) is 11.5. The molecule has 1 aliphatic rings. The number of nitrogens with zero attached hydrogens (tertiary/aromatic N) is 1. The van der Waals surface area contributed by atoms with E-state index in [1.54, 1.807) is 0 Å². The van der Waals surface area contributed by atoms with Gasteiger partial charge in [-0.3, -0.25) is 4.79 Å². The fourth-order valence-electron chi connectivity index (χ4n) is 2.64. The van der Waals surface area contributed by atoms with Gasteiger partial charge in [0.15, 0.2) is 0 Å². The van der Waals surface area contributed by atoms with Crippen LogP contribution < -0.4 is 5.32 Å². The molecule has 3 heteroatoms. The molecule has 98 valence electrons. The maximum atomic E-state index is 12.3. The Morgan fingerprint density at radius 2 is 2.00 bits per heavy atom. The zero-order chi connectivity index (χ0) is 13.1. The molecular weight excluding hydrogens is 224 g/mol. The van der Waals surface area contributed by atoms with Crippen molar-refractivity contribution < 1.29 is 4.79 Å². The molecule has 1 heterocycles. The van der Waals surface area contributed by atoms with Crippen LogP contribution in [0.3, 0.4) is 0 Å². The molecule has 0 aliphatic carbocycles. The van der Waals surface area contributed by atoms with Crippen molar-refractivity contribution in [3.8, 4) is 0 Å². The van der Waals surface area contributed by atoms with E-state index >= 15 is 0 Å².